The molecule has 0 atom stereocenters. The first-order valence-corrected chi connectivity index (χ1v) is 5.25. The zero-order chi connectivity index (χ0) is 13.1. The molecule has 0 saturated heterocycles. The number of nitrogens with one attached hydrogen (secondary N) is 1. The van der Waals surface area contributed by atoms with Gasteiger partial charge >= 0.3 is 0 Å². The minimum absolute atomic E-state index is 0.0616. The Kier molecular flexibility index (Phi) is 3.33. The number of nitrogens with zero attached hydrogens (tertiary/aromatic N) is 3. The van der Waals surface area contributed by atoms with Crippen LogP contribution in [0.15, 0.2) is 30.5 Å². The summed E-state index contributed by atoms with van der Waals surface area (Å²) in [5, 5.41) is 17.7. The first kappa shape index (κ1) is 12.2. The molecule has 0 fully saturated rings. The van der Waals surface area contributed by atoms with Gasteiger partial charge in [0.2, 0.25) is 0 Å². The second-order valence-electron chi connectivity index (χ2n) is 3.67. The van der Waals surface area contributed by atoms with Crippen molar-refractivity contribution in [3.63, 3.8) is 0 Å². The van der Waals surface area contributed by atoms with Crippen molar-refractivity contribution in [2.75, 3.05) is 7.05 Å². The number of rotatable bonds is 4. The van der Waals surface area contributed by atoms with Gasteiger partial charge in [-0.3, -0.25) is 10.1 Å². The summed E-state index contributed by atoms with van der Waals surface area (Å²) in [5.41, 5.74) is 0.618. The van der Waals surface area contributed by atoms with E-state index >= 15 is 0 Å². The number of nitro benzene ring substituents is 1. The summed E-state index contributed by atoms with van der Waals surface area (Å²) in [6.07, 6.45) is 1.56. The molecule has 1 N–H and O–H groups in total. The molecule has 0 radical (unpaired) electrons. The molecule has 1 aromatic carbocycles. The molecule has 0 aliphatic heterocycles. The lowest BCUT2D eigenvalue weighted by Crippen LogP contribution is -2.07. The number of aromatic nitrogens is 2. The molecule has 6 nitrogen and oxygen atoms in total. The Morgan fingerprint density at radius 1 is 1.50 bits per heavy atom. The predicted octanol–water partition coefficient (Wildman–Crippen LogP) is 1.64. The fraction of sp³-hybridized carbons (Fsp3) is 0.182. The number of non-ortho nitro benzene ring substituents is 1. The first-order valence-electron chi connectivity index (χ1n) is 5.25. The molecule has 0 unspecified atom stereocenters. The van der Waals surface area contributed by atoms with Crippen molar-refractivity contribution < 1.29 is 9.31 Å². The molecular weight excluding hydrogens is 239 g/mol. The van der Waals surface area contributed by atoms with Crippen LogP contribution in [0.2, 0.25) is 0 Å². The van der Waals surface area contributed by atoms with Crippen LogP contribution in [0.3, 0.4) is 0 Å². The largest absolute Gasteiger partial charge is 0.314 e. The van der Waals surface area contributed by atoms with Gasteiger partial charge in [-0.15, -0.1) is 0 Å². The Morgan fingerprint density at radius 2 is 2.28 bits per heavy atom. The first-order chi connectivity index (χ1) is 8.61. The van der Waals surface area contributed by atoms with Gasteiger partial charge in [0.15, 0.2) is 0 Å². The number of halogens is 1. The molecule has 94 valence electrons. The van der Waals surface area contributed by atoms with E-state index in [0.29, 0.717) is 6.54 Å². The molecule has 1 aromatic heterocycles. The summed E-state index contributed by atoms with van der Waals surface area (Å²) in [4.78, 5) is 10.1. The van der Waals surface area contributed by atoms with Crippen molar-refractivity contribution in [1.29, 1.82) is 0 Å². The van der Waals surface area contributed by atoms with Crippen LogP contribution in [0.25, 0.3) is 5.69 Å². The summed E-state index contributed by atoms with van der Waals surface area (Å²) in [6, 6.07) is 5.06. The molecule has 2 aromatic rings. The van der Waals surface area contributed by atoms with Crippen molar-refractivity contribution in [3.8, 4) is 5.69 Å². The molecule has 0 bridgehead atoms. The molecule has 7 heteroatoms. The van der Waals surface area contributed by atoms with Crippen LogP contribution >= 0.6 is 0 Å². The number of hydrogen-bond donors (Lipinski definition) is 1. The molecule has 0 spiro atoms. The molecule has 1 heterocycles. The second-order valence-corrected chi connectivity index (χ2v) is 3.67. The summed E-state index contributed by atoms with van der Waals surface area (Å²) in [7, 11) is 1.77. The van der Waals surface area contributed by atoms with Crippen LogP contribution < -0.4 is 5.32 Å². The highest BCUT2D eigenvalue weighted by Gasteiger charge is 2.13. The zero-order valence-corrected chi connectivity index (χ0v) is 9.63. The van der Waals surface area contributed by atoms with Crippen LogP contribution in [0.5, 0.6) is 0 Å². The van der Waals surface area contributed by atoms with Gasteiger partial charge in [-0.2, -0.15) is 5.10 Å². The van der Waals surface area contributed by atoms with Crippen molar-refractivity contribution in [2.45, 2.75) is 6.54 Å². The normalized spacial score (nSPS) is 10.6. The Hall–Kier alpha value is -2.28. The highest BCUT2D eigenvalue weighted by atomic mass is 19.1. The highest BCUT2D eigenvalue weighted by molar-refractivity contribution is 5.43. The lowest BCUT2D eigenvalue weighted by Gasteiger charge is -2.03. The molecule has 0 saturated carbocycles. The van der Waals surface area contributed by atoms with Gasteiger partial charge in [0, 0.05) is 24.9 Å². The van der Waals surface area contributed by atoms with Gasteiger partial charge in [0.25, 0.3) is 5.69 Å². The van der Waals surface area contributed by atoms with Crippen LogP contribution in [-0.2, 0) is 6.54 Å². The van der Waals surface area contributed by atoms with Crippen LogP contribution in [0, 0.1) is 15.9 Å². The third-order valence-corrected chi connectivity index (χ3v) is 2.39. The summed E-state index contributed by atoms with van der Waals surface area (Å²) in [6.45, 7) is 0.545. The van der Waals surface area contributed by atoms with Gasteiger partial charge in [-0.25, -0.2) is 9.07 Å². The minimum atomic E-state index is -0.569. The fourth-order valence-corrected chi connectivity index (χ4v) is 1.56. The monoisotopic (exact) mass is 250 g/mol. The Bertz CT molecular complexity index is 582. The van der Waals surface area contributed by atoms with E-state index in [-0.39, 0.29) is 11.4 Å². The average Bonchev–Trinajstić information content (AvgIpc) is 2.78. The smallest absolute Gasteiger partial charge is 0.271 e. The van der Waals surface area contributed by atoms with Gasteiger partial charge in [-0.05, 0) is 19.2 Å². The van der Waals surface area contributed by atoms with Crippen LogP contribution in [0.1, 0.15) is 5.69 Å². The number of benzene rings is 1. The quantitative estimate of drug-likeness (QED) is 0.661. The van der Waals surface area contributed by atoms with E-state index in [1.165, 1.54) is 4.68 Å². The van der Waals surface area contributed by atoms with Crippen LogP contribution in [-0.4, -0.2) is 21.8 Å². The maximum Gasteiger partial charge on any atom is 0.271 e. The van der Waals surface area contributed by atoms with Gasteiger partial charge < -0.3 is 5.32 Å². The number of hydrogen-bond acceptors (Lipinski definition) is 4. The average molecular weight is 250 g/mol. The molecule has 0 amide bonds. The van der Waals surface area contributed by atoms with E-state index in [2.05, 4.69) is 10.4 Å². The summed E-state index contributed by atoms with van der Waals surface area (Å²) < 4.78 is 14.9. The standard InChI is InChI=1S/C11H11FN4O2/c1-13-7-8-4-5-15(14-8)11-6-9(16(17)18)2-3-10(11)12/h2-6,13H,7H2,1H3. The molecule has 0 aliphatic rings. The Balaban J connectivity index is 2.41. The van der Waals surface area contributed by atoms with E-state index in [0.717, 1.165) is 23.9 Å². The van der Waals surface area contributed by atoms with E-state index in [1.807, 2.05) is 0 Å². The summed E-state index contributed by atoms with van der Waals surface area (Å²) >= 11 is 0. The lowest BCUT2D eigenvalue weighted by atomic mass is 10.2. The Labute approximate surface area is 102 Å². The molecule has 2 rings (SSSR count). The van der Waals surface area contributed by atoms with Crippen molar-refractivity contribution in [2.24, 2.45) is 0 Å². The van der Waals surface area contributed by atoms with E-state index < -0.39 is 10.7 Å². The van der Waals surface area contributed by atoms with E-state index in [1.54, 1.807) is 19.3 Å². The predicted molar refractivity (Wildman–Crippen MR) is 62.9 cm³/mol. The van der Waals surface area contributed by atoms with Crippen LogP contribution in [0.4, 0.5) is 10.1 Å². The van der Waals surface area contributed by atoms with Gasteiger partial charge in [-0.1, -0.05) is 0 Å². The lowest BCUT2D eigenvalue weighted by molar-refractivity contribution is -0.384. The highest BCUT2D eigenvalue weighted by Crippen LogP contribution is 2.20. The van der Waals surface area contributed by atoms with E-state index in [9.17, 15) is 14.5 Å². The molecular formula is C11H11FN4O2. The van der Waals surface area contributed by atoms with E-state index in [4.69, 9.17) is 0 Å². The maximum absolute atomic E-state index is 13.6. The Morgan fingerprint density at radius 3 is 2.94 bits per heavy atom. The topological polar surface area (TPSA) is 73.0 Å². The number of nitro groups is 1. The third-order valence-electron chi connectivity index (χ3n) is 2.39. The van der Waals surface area contributed by atoms with Gasteiger partial charge in [0.1, 0.15) is 11.5 Å². The summed E-state index contributed by atoms with van der Waals surface area (Å²) in [5.74, 6) is -0.556. The minimum Gasteiger partial charge on any atom is -0.314 e. The second kappa shape index (κ2) is 4.92. The molecule has 18 heavy (non-hydrogen) atoms. The maximum atomic E-state index is 13.6. The molecule has 0 aliphatic carbocycles. The van der Waals surface area contributed by atoms with Crippen molar-refractivity contribution in [3.05, 3.63) is 52.1 Å². The van der Waals surface area contributed by atoms with Crippen molar-refractivity contribution >= 4 is 5.69 Å². The zero-order valence-electron chi connectivity index (χ0n) is 9.63. The van der Waals surface area contributed by atoms with Crippen molar-refractivity contribution in [1.82, 2.24) is 15.1 Å². The SMILES string of the molecule is CNCc1ccn(-c2cc([N+](=O)[O-])ccc2F)n1. The fourth-order valence-electron chi connectivity index (χ4n) is 1.56. The third kappa shape index (κ3) is 2.35. The van der Waals surface area contributed by atoms with Gasteiger partial charge in [0.05, 0.1) is 10.6 Å².